The van der Waals surface area contributed by atoms with Crippen LogP contribution in [-0.2, 0) is 6.54 Å². The zero-order chi connectivity index (χ0) is 16.5. The monoisotopic (exact) mass is 432 g/mol. The number of rotatable bonds is 7. The van der Waals surface area contributed by atoms with Crippen LogP contribution in [0.2, 0.25) is 0 Å². The third-order valence-corrected chi connectivity index (χ3v) is 3.67. The third kappa shape index (κ3) is 9.03. The third-order valence-electron chi connectivity index (χ3n) is 3.67. The van der Waals surface area contributed by atoms with Gasteiger partial charge in [0.05, 0.1) is 0 Å². The number of hydrogen-bond acceptors (Lipinski definition) is 2. The van der Waals surface area contributed by atoms with E-state index in [1.54, 1.807) is 0 Å². The van der Waals surface area contributed by atoms with Crippen LogP contribution in [0, 0.1) is 5.92 Å². The van der Waals surface area contributed by atoms with E-state index in [9.17, 15) is 0 Å². The fourth-order valence-electron chi connectivity index (χ4n) is 2.21. The molecule has 1 rings (SSSR count). The topological polar surface area (TPSA) is 39.7 Å². The van der Waals surface area contributed by atoms with Crippen molar-refractivity contribution >= 4 is 35.6 Å². The molecule has 132 valence electrons. The summed E-state index contributed by atoms with van der Waals surface area (Å²) < 4.78 is 0. The first-order valence-electron chi connectivity index (χ1n) is 8.15. The maximum absolute atomic E-state index is 4.31. The van der Waals surface area contributed by atoms with E-state index in [2.05, 4.69) is 79.7 Å². The van der Waals surface area contributed by atoms with Crippen LogP contribution in [0.5, 0.6) is 0 Å². The molecule has 4 nitrogen and oxygen atoms in total. The van der Waals surface area contributed by atoms with E-state index in [0.29, 0.717) is 6.04 Å². The van der Waals surface area contributed by atoms with Gasteiger partial charge in [-0.3, -0.25) is 4.99 Å². The summed E-state index contributed by atoms with van der Waals surface area (Å²) in [6, 6.07) is 8.97. The molecule has 5 heteroatoms. The summed E-state index contributed by atoms with van der Waals surface area (Å²) in [5.41, 5.74) is 2.47. The Morgan fingerprint density at radius 2 is 1.87 bits per heavy atom. The van der Waals surface area contributed by atoms with Crippen molar-refractivity contribution in [2.24, 2.45) is 10.9 Å². The largest absolute Gasteiger partial charge is 0.378 e. The number of aliphatic imine (C=N–C) groups is 1. The van der Waals surface area contributed by atoms with Gasteiger partial charge in [-0.2, -0.15) is 0 Å². The number of nitrogens with zero attached hydrogens (tertiary/aromatic N) is 2. The molecule has 0 spiro atoms. The molecule has 0 amide bonds. The van der Waals surface area contributed by atoms with Gasteiger partial charge in [0.2, 0.25) is 0 Å². The predicted molar refractivity (Wildman–Crippen MR) is 113 cm³/mol. The Bertz CT molecular complexity index is 472. The lowest BCUT2D eigenvalue weighted by molar-refractivity contribution is 0.489. The average Bonchev–Trinajstić information content (AvgIpc) is 2.49. The van der Waals surface area contributed by atoms with Crippen LogP contribution in [0.25, 0.3) is 0 Å². The maximum Gasteiger partial charge on any atom is 0.191 e. The summed E-state index contributed by atoms with van der Waals surface area (Å²) in [6.45, 7) is 7.51. The molecule has 0 saturated carbocycles. The van der Waals surface area contributed by atoms with E-state index < -0.39 is 0 Å². The molecule has 1 aromatic carbocycles. The standard InChI is InChI=1S/C18H32N4.HI/c1-14(2)10-11-15(3)21-18(19-4)20-13-16-8-7-9-17(12-16)22(5)6;/h7-9,12,14-15H,10-11,13H2,1-6H3,(H2,19,20,21);1H. The molecular formula is C18H33IN4. The van der Waals surface area contributed by atoms with Crippen molar-refractivity contribution in [2.75, 3.05) is 26.0 Å². The number of halogens is 1. The fraction of sp³-hybridized carbons (Fsp3) is 0.611. The van der Waals surface area contributed by atoms with Crippen molar-refractivity contribution < 1.29 is 0 Å². The molecule has 0 heterocycles. The van der Waals surface area contributed by atoms with Gasteiger partial charge in [0, 0.05) is 39.4 Å². The molecule has 2 N–H and O–H groups in total. The normalized spacial score (nSPS) is 12.6. The zero-order valence-electron chi connectivity index (χ0n) is 15.4. The Morgan fingerprint density at radius 1 is 1.17 bits per heavy atom. The van der Waals surface area contributed by atoms with E-state index in [1.165, 1.54) is 17.7 Å². The van der Waals surface area contributed by atoms with Crippen LogP contribution in [0.15, 0.2) is 29.3 Å². The van der Waals surface area contributed by atoms with Gasteiger partial charge < -0.3 is 15.5 Å². The predicted octanol–water partition coefficient (Wildman–Crippen LogP) is 3.86. The minimum Gasteiger partial charge on any atom is -0.378 e. The summed E-state index contributed by atoms with van der Waals surface area (Å²) in [5.74, 6) is 1.61. The number of hydrogen-bond donors (Lipinski definition) is 2. The molecule has 1 unspecified atom stereocenters. The summed E-state index contributed by atoms with van der Waals surface area (Å²) in [6.07, 6.45) is 2.39. The van der Waals surface area contributed by atoms with Crippen molar-refractivity contribution in [3.63, 3.8) is 0 Å². The molecule has 0 fully saturated rings. The SMILES string of the molecule is CN=C(NCc1cccc(N(C)C)c1)NC(C)CCC(C)C.I. The minimum absolute atomic E-state index is 0. The van der Waals surface area contributed by atoms with Crippen molar-refractivity contribution in [1.82, 2.24) is 10.6 Å². The van der Waals surface area contributed by atoms with Crippen LogP contribution in [0.3, 0.4) is 0 Å². The lowest BCUT2D eigenvalue weighted by atomic mass is 10.0. The first kappa shape index (κ1) is 22.0. The van der Waals surface area contributed by atoms with Crippen LogP contribution < -0.4 is 15.5 Å². The van der Waals surface area contributed by atoms with E-state index in [-0.39, 0.29) is 24.0 Å². The van der Waals surface area contributed by atoms with E-state index in [4.69, 9.17) is 0 Å². The maximum atomic E-state index is 4.31. The Morgan fingerprint density at radius 3 is 2.43 bits per heavy atom. The van der Waals surface area contributed by atoms with Crippen molar-refractivity contribution in [3.05, 3.63) is 29.8 Å². The van der Waals surface area contributed by atoms with Crippen molar-refractivity contribution in [1.29, 1.82) is 0 Å². The van der Waals surface area contributed by atoms with Crippen molar-refractivity contribution in [3.8, 4) is 0 Å². The van der Waals surface area contributed by atoms with Gasteiger partial charge >= 0.3 is 0 Å². The molecular weight excluding hydrogens is 399 g/mol. The van der Waals surface area contributed by atoms with Gasteiger partial charge in [0.1, 0.15) is 0 Å². The number of benzene rings is 1. The average molecular weight is 432 g/mol. The smallest absolute Gasteiger partial charge is 0.191 e. The molecule has 1 aromatic rings. The molecule has 0 aromatic heterocycles. The van der Waals surface area contributed by atoms with Gasteiger partial charge in [-0.1, -0.05) is 26.0 Å². The molecule has 0 aliphatic rings. The number of anilines is 1. The first-order valence-corrected chi connectivity index (χ1v) is 8.15. The second-order valence-corrected chi connectivity index (χ2v) is 6.51. The highest BCUT2D eigenvalue weighted by Gasteiger charge is 2.06. The van der Waals surface area contributed by atoms with Gasteiger partial charge in [0.15, 0.2) is 5.96 Å². The quantitative estimate of drug-likeness (QED) is 0.391. The van der Waals surface area contributed by atoms with Crippen LogP contribution >= 0.6 is 24.0 Å². The van der Waals surface area contributed by atoms with Gasteiger partial charge in [-0.15, -0.1) is 24.0 Å². The summed E-state index contributed by atoms with van der Waals surface area (Å²) >= 11 is 0. The Kier molecular flexibility index (Phi) is 11.0. The second kappa shape index (κ2) is 11.5. The molecule has 23 heavy (non-hydrogen) atoms. The number of guanidine groups is 1. The summed E-state index contributed by atoms with van der Waals surface area (Å²) in [5, 5.41) is 6.85. The van der Waals surface area contributed by atoms with E-state index in [1.807, 2.05) is 7.05 Å². The fourth-order valence-corrected chi connectivity index (χ4v) is 2.21. The van der Waals surface area contributed by atoms with Crippen molar-refractivity contribution in [2.45, 2.75) is 46.2 Å². The Balaban J connectivity index is 0.00000484. The lowest BCUT2D eigenvalue weighted by Crippen LogP contribution is -2.41. The lowest BCUT2D eigenvalue weighted by Gasteiger charge is -2.19. The van der Waals surface area contributed by atoms with E-state index in [0.717, 1.165) is 24.8 Å². The van der Waals surface area contributed by atoms with Crippen LogP contribution in [-0.4, -0.2) is 33.1 Å². The summed E-state index contributed by atoms with van der Waals surface area (Å²) in [7, 11) is 5.94. The Hall–Kier alpha value is -0.980. The number of nitrogens with one attached hydrogen (secondary N) is 2. The van der Waals surface area contributed by atoms with Crippen LogP contribution in [0.4, 0.5) is 5.69 Å². The first-order chi connectivity index (χ1) is 10.4. The van der Waals surface area contributed by atoms with E-state index >= 15 is 0 Å². The molecule has 0 bridgehead atoms. The molecule has 0 radical (unpaired) electrons. The zero-order valence-corrected chi connectivity index (χ0v) is 17.7. The highest BCUT2D eigenvalue weighted by molar-refractivity contribution is 14.0. The molecule has 0 aliphatic heterocycles. The highest BCUT2D eigenvalue weighted by atomic mass is 127. The highest BCUT2D eigenvalue weighted by Crippen LogP contribution is 2.13. The molecule has 0 saturated heterocycles. The van der Waals surface area contributed by atoms with Crippen LogP contribution in [0.1, 0.15) is 39.2 Å². The van der Waals surface area contributed by atoms with Gasteiger partial charge in [-0.05, 0) is 43.4 Å². The molecule has 0 aliphatic carbocycles. The Labute approximate surface area is 159 Å². The van der Waals surface area contributed by atoms with Gasteiger partial charge in [-0.25, -0.2) is 0 Å². The second-order valence-electron chi connectivity index (χ2n) is 6.51. The summed E-state index contributed by atoms with van der Waals surface area (Å²) in [4.78, 5) is 6.43. The minimum atomic E-state index is 0. The molecule has 1 atom stereocenters. The van der Waals surface area contributed by atoms with Gasteiger partial charge in [0.25, 0.3) is 0 Å².